The van der Waals surface area contributed by atoms with Crippen molar-refractivity contribution in [3.63, 3.8) is 0 Å². The largest absolute Gasteiger partial charge is 0.468 e. The first-order valence-electron chi connectivity index (χ1n) is 3.98. The second-order valence-corrected chi connectivity index (χ2v) is 2.72. The minimum absolute atomic E-state index is 0.357. The number of nitrogens with two attached hydrogens (primary N) is 2. The van der Waals surface area contributed by atoms with Crippen molar-refractivity contribution in [1.29, 1.82) is 0 Å². The quantitative estimate of drug-likeness (QED) is 0.556. The van der Waals surface area contributed by atoms with E-state index >= 15 is 0 Å². The standard InChI is InChI=1S/C8H13N3O2/c9-7(8(10)12)5-11-4-6-2-1-3-13-6/h1-3,7,11H,4-5,9H2,(H2,10,12). The van der Waals surface area contributed by atoms with Gasteiger partial charge in [0.25, 0.3) is 0 Å². The van der Waals surface area contributed by atoms with E-state index in [0.29, 0.717) is 13.1 Å². The average molecular weight is 183 g/mol. The van der Waals surface area contributed by atoms with Gasteiger partial charge in [-0.05, 0) is 12.1 Å². The molecule has 1 aromatic heterocycles. The van der Waals surface area contributed by atoms with E-state index in [9.17, 15) is 4.79 Å². The molecular formula is C8H13N3O2. The molecular weight excluding hydrogens is 170 g/mol. The second kappa shape index (κ2) is 4.64. The minimum atomic E-state index is -0.644. The van der Waals surface area contributed by atoms with Crippen LogP contribution in [0.5, 0.6) is 0 Å². The van der Waals surface area contributed by atoms with Crippen LogP contribution >= 0.6 is 0 Å². The van der Waals surface area contributed by atoms with Crippen molar-refractivity contribution in [2.24, 2.45) is 11.5 Å². The molecule has 5 nitrogen and oxygen atoms in total. The fourth-order valence-electron chi connectivity index (χ4n) is 0.865. The summed E-state index contributed by atoms with van der Waals surface area (Å²) in [4.78, 5) is 10.5. The van der Waals surface area contributed by atoms with Crippen LogP contribution in [-0.4, -0.2) is 18.5 Å². The lowest BCUT2D eigenvalue weighted by Gasteiger charge is -2.07. The number of primary amides is 1. The maximum Gasteiger partial charge on any atom is 0.235 e. The summed E-state index contributed by atoms with van der Waals surface area (Å²) >= 11 is 0. The van der Waals surface area contributed by atoms with E-state index in [4.69, 9.17) is 15.9 Å². The summed E-state index contributed by atoms with van der Waals surface area (Å²) in [6.07, 6.45) is 1.59. The summed E-state index contributed by atoms with van der Waals surface area (Å²) < 4.78 is 5.06. The third-order valence-corrected chi connectivity index (χ3v) is 1.61. The Hall–Kier alpha value is -1.33. The van der Waals surface area contributed by atoms with Gasteiger partial charge in [-0.3, -0.25) is 4.79 Å². The Balaban J connectivity index is 2.18. The SMILES string of the molecule is NC(=O)C(N)CNCc1ccco1. The molecule has 5 heteroatoms. The van der Waals surface area contributed by atoms with Gasteiger partial charge >= 0.3 is 0 Å². The molecule has 1 amide bonds. The molecule has 1 rings (SSSR count). The van der Waals surface area contributed by atoms with E-state index in [2.05, 4.69) is 5.32 Å². The molecule has 0 saturated heterocycles. The monoisotopic (exact) mass is 183 g/mol. The van der Waals surface area contributed by atoms with E-state index in [1.807, 2.05) is 6.07 Å². The van der Waals surface area contributed by atoms with Crippen LogP contribution in [0.4, 0.5) is 0 Å². The smallest absolute Gasteiger partial charge is 0.235 e. The number of nitrogens with one attached hydrogen (secondary N) is 1. The molecule has 5 N–H and O–H groups in total. The zero-order valence-corrected chi connectivity index (χ0v) is 7.19. The highest BCUT2D eigenvalue weighted by Crippen LogP contribution is 1.97. The minimum Gasteiger partial charge on any atom is -0.468 e. The van der Waals surface area contributed by atoms with Crippen LogP contribution < -0.4 is 16.8 Å². The van der Waals surface area contributed by atoms with Gasteiger partial charge in [-0.2, -0.15) is 0 Å². The summed E-state index contributed by atoms with van der Waals surface area (Å²) in [7, 11) is 0. The summed E-state index contributed by atoms with van der Waals surface area (Å²) in [6.45, 7) is 0.907. The zero-order chi connectivity index (χ0) is 9.68. The first-order valence-corrected chi connectivity index (χ1v) is 3.98. The third-order valence-electron chi connectivity index (χ3n) is 1.61. The normalized spacial score (nSPS) is 12.7. The lowest BCUT2D eigenvalue weighted by molar-refractivity contribution is -0.119. The summed E-state index contributed by atoms with van der Waals surface area (Å²) in [5, 5.41) is 2.95. The first kappa shape index (κ1) is 9.76. The molecule has 0 fully saturated rings. The van der Waals surface area contributed by atoms with Crippen molar-refractivity contribution in [2.75, 3.05) is 6.54 Å². The third kappa shape index (κ3) is 3.27. The number of carbonyl (C=O) groups is 1. The predicted molar refractivity (Wildman–Crippen MR) is 47.6 cm³/mol. The molecule has 0 radical (unpaired) electrons. The van der Waals surface area contributed by atoms with E-state index < -0.39 is 11.9 Å². The predicted octanol–water partition coefficient (Wildman–Crippen LogP) is -0.818. The lowest BCUT2D eigenvalue weighted by Crippen LogP contribution is -2.44. The van der Waals surface area contributed by atoms with Gasteiger partial charge < -0.3 is 21.2 Å². The van der Waals surface area contributed by atoms with E-state index in [1.54, 1.807) is 12.3 Å². The Labute approximate surface area is 76.1 Å². The number of rotatable bonds is 5. The number of furan rings is 1. The van der Waals surface area contributed by atoms with Gasteiger partial charge in [0.05, 0.1) is 18.8 Å². The summed E-state index contributed by atoms with van der Waals surface area (Å²) in [6, 6.07) is 2.99. The van der Waals surface area contributed by atoms with E-state index in [-0.39, 0.29) is 0 Å². The Morgan fingerprint density at radius 2 is 2.46 bits per heavy atom. The summed E-state index contributed by atoms with van der Waals surface area (Å²) in [5.74, 6) is 0.295. The van der Waals surface area contributed by atoms with Gasteiger partial charge in [-0.1, -0.05) is 0 Å². The second-order valence-electron chi connectivity index (χ2n) is 2.72. The maximum atomic E-state index is 10.5. The average Bonchev–Trinajstić information content (AvgIpc) is 2.56. The number of carbonyl (C=O) groups excluding carboxylic acids is 1. The van der Waals surface area contributed by atoms with Crippen LogP contribution in [-0.2, 0) is 11.3 Å². The van der Waals surface area contributed by atoms with Crippen molar-refractivity contribution in [3.05, 3.63) is 24.2 Å². The van der Waals surface area contributed by atoms with Gasteiger partial charge in [-0.25, -0.2) is 0 Å². The molecule has 1 unspecified atom stereocenters. The molecule has 1 aromatic rings. The first-order chi connectivity index (χ1) is 6.20. The van der Waals surface area contributed by atoms with Crippen LogP contribution in [0.25, 0.3) is 0 Å². The van der Waals surface area contributed by atoms with E-state index in [0.717, 1.165) is 5.76 Å². The molecule has 0 bridgehead atoms. The molecule has 0 aliphatic heterocycles. The molecule has 0 aromatic carbocycles. The van der Waals surface area contributed by atoms with Crippen LogP contribution in [0.1, 0.15) is 5.76 Å². The highest BCUT2D eigenvalue weighted by Gasteiger charge is 2.07. The van der Waals surface area contributed by atoms with Crippen molar-refractivity contribution in [2.45, 2.75) is 12.6 Å². The van der Waals surface area contributed by atoms with Crippen LogP contribution in [0.3, 0.4) is 0 Å². The van der Waals surface area contributed by atoms with Gasteiger partial charge in [0, 0.05) is 6.54 Å². The fourth-order valence-corrected chi connectivity index (χ4v) is 0.865. The highest BCUT2D eigenvalue weighted by atomic mass is 16.3. The number of amides is 1. The van der Waals surface area contributed by atoms with Crippen LogP contribution in [0.2, 0.25) is 0 Å². The number of hydrogen-bond donors (Lipinski definition) is 3. The molecule has 1 heterocycles. The molecule has 0 aliphatic rings. The molecule has 72 valence electrons. The topological polar surface area (TPSA) is 94.3 Å². The van der Waals surface area contributed by atoms with Crippen molar-refractivity contribution >= 4 is 5.91 Å². The number of hydrogen-bond acceptors (Lipinski definition) is 4. The highest BCUT2D eigenvalue weighted by molar-refractivity contribution is 5.79. The molecule has 0 aliphatic carbocycles. The molecule has 13 heavy (non-hydrogen) atoms. The van der Waals surface area contributed by atoms with Gasteiger partial charge in [0.15, 0.2) is 0 Å². The van der Waals surface area contributed by atoms with E-state index in [1.165, 1.54) is 0 Å². The Morgan fingerprint density at radius 1 is 1.69 bits per heavy atom. The van der Waals surface area contributed by atoms with Crippen LogP contribution in [0.15, 0.2) is 22.8 Å². The summed E-state index contributed by atoms with van der Waals surface area (Å²) in [5.41, 5.74) is 10.4. The zero-order valence-electron chi connectivity index (χ0n) is 7.19. The van der Waals surface area contributed by atoms with Crippen molar-refractivity contribution < 1.29 is 9.21 Å². The fraction of sp³-hybridized carbons (Fsp3) is 0.375. The molecule has 0 saturated carbocycles. The maximum absolute atomic E-state index is 10.5. The Morgan fingerprint density at radius 3 is 3.00 bits per heavy atom. The van der Waals surface area contributed by atoms with Crippen molar-refractivity contribution in [3.8, 4) is 0 Å². The van der Waals surface area contributed by atoms with Crippen molar-refractivity contribution in [1.82, 2.24) is 5.32 Å². The van der Waals surface area contributed by atoms with Gasteiger partial charge in [0.2, 0.25) is 5.91 Å². The Kier molecular flexibility index (Phi) is 3.48. The van der Waals surface area contributed by atoms with Gasteiger partial charge in [-0.15, -0.1) is 0 Å². The van der Waals surface area contributed by atoms with Gasteiger partial charge in [0.1, 0.15) is 5.76 Å². The molecule has 1 atom stereocenters. The Bertz CT molecular complexity index is 258. The lowest BCUT2D eigenvalue weighted by atomic mass is 10.3. The van der Waals surface area contributed by atoms with Crippen LogP contribution in [0, 0.1) is 0 Å². The molecule has 0 spiro atoms.